The Morgan fingerprint density at radius 1 is 1.22 bits per heavy atom. The van der Waals surface area contributed by atoms with Crippen molar-refractivity contribution in [3.63, 3.8) is 0 Å². The lowest BCUT2D eigenvalue weighted by atomic mass is 9.64. The molecule has 0 aromatic rings. The Hall–Kier alpha value is -1.09. The number of allylic oxidation sites excluding steroid dienone is 3. The molecule has 0 fully saturated rings. The van der Waals surface area contributed by atoms with Crippen molar-refractivity contribution < 1.29 is 14.6 Å². The zero-order chi connectivity index (χ0) is 17.1. The number of aliphatic carboxylic acids is 1. The molecule has 2 atom stereocenters. The van der Waals surface area contributed by atoms with Crippen LogP contribution in [0.5, 0.6) is 0 Å². The molecule has 132 valence electrons. The van der Waals surface area contributed by atoms with Gasteiger partial charge in [0.05, 0.1) is 5.41 Å². The molecule has 1 aliphatic rings. The van der Waals surface area contributed by atoms with Gasteiger partial charge in [-0.25, -0.2) is 0 Å². The molecule has 1 rings (SSSR count). The molecule has 0 aromatic carbocycles. The first-order chi connectivity index (χ1) is 11.1. The summed E-state index contributed by atoms with van der Waals surface area (Å²) in [6.45, 7) is 4.98. The number of rotatable bonds is 12. The van der Waals surface area contributed by atoms with E-state index in [9.17, 15) is 9.90 Å². The highest BCUT2D eigenvalue weighted by Gasteiger charge is 2.45. The van der Waals surface area contributed by atoms with Crippen molar-refractivity contribution in [2.24, 2.45) is 11.3 Å². The predicted octanol–water partition coefficient (Wildman–Crippen LogP) is 5.37. The summed E-state index contributed by atoms with van der Waals surface area (Å²) in [5.41, 5.74) is 0.550. The minimum Gasteiger partial charge on any atom is -0.481 e. The summed E-state index contributed by atoms with van der Waals surface area (Å²) >= 11 is 0. The largest absolute Gasteiger partial charge is 0.481 e. The Balaban J connectivity index is 2.95. The number of hydrogen-bond donors (Lipinski definition) is 1. The molecule has 3 nitrogen and oxygen atoms in total. The van der Waals surface area contributed by atoms with Crippen molar-refractivity contribution in [1.82, 2.24) is 0 Å². The molecular weight excluding hydrogens is 288 g/mol. The summed E-state index contributed by atoms with van der Waals surface area (Å²) < 4.78 is 5.27. The monoisotopic (exact) mass is 322 g/mol. The summed E-state index contributed by atoms with van der Waals surface area (Å²) in [5, 5.41) is 10.0. The van der Waals surface area contributed by atoms with Gasteiger partial charge < -0.3 is 9.84 Å². The number of carboxylic acids is 1. The Morgan fingerprint density at radius 2 is 1.96 bits per heavy atom. The Bertz CT molecular complexity index is 411. The van der Waals surface area contributed by atoms with Crippen LogP contribution in [0.4, 0.5) is 0 Å². The molecule has 3 heteroatoms. The Kier molecular flexibility index (Phi) is 9.23. The van der Waals surface area contributed by atoms with Gasteiger partial charge in [-0.15, -0.1) is 0 Å². The van der Waals surface area contributed by atoms with Gasteiger partial charge in [0.1, 0.15) is 0 Å². The lowest BCUT2D eigenvalue weighted by molar-refractivity contribution is -0.149. The van der Waals surface area contributed by atoms with Crippen LogP contribution in [0.15, 0.2) is 23.8 Å². The average Bonchev–Trinajstić information content (AvgIpc) is 2.55. The van der Waals surface area contributed by atoms with E-state index in [0.29, 0.717) is 6.61 Å². The number of carbonyl (C=O) groups is 1. The lowest BCUT2D eigenvalue weighted by Gasteiger charge is -2.39. The summed E-state index contributed by atoms with van der Waals surface area (Å²) in [4.78, 5) is 12.2. The highest BCUT2D eigenvalue weighted by Crippen LogP contribution is 2.45. The summed E-state index contributed by atoms with van der Waals surface area (Å²) in [5.74, 6) is -0.605. The second-order valence-electron chi connectivity index (χ2n) is 6.69. The molecule has 1 aliphatic carbocycles. The van der Waals surface area contributed by atoms with Crippen LogP contribution >= 0.6 is 0 Å². The minimum absolute atomic E-state index is 0.0677. The Morgan fingerprint density at radius 3 is 2.57 bits per heavy atom. The van der Waals surface area contributed by atoms with Gasteiger partial charge in [0.2, 0.25) is 0 Å². The number of hydrogen-bond acceptors (Lipinski definition) is 2. The zero-order valence-corrected chi connectivity index (χ0v) is 15.1. The zero-order valence-electron chi connectivity index (χ0n) is 15.1. The third-order valence-electron chi connectivity index (χ3n) is 5.05. The maximum Gasteiger partial charge on any atom is 0.314 e. The van der Waals surface area contributed by atoms with E-state index in [1.165, 1.54) is 18.4 Å². The fourth-order valence-corrected chi connectivity index (χ4v) is 3.65. The van der Waals surface area contributed by atoms with Crippen molar-refractivity contribution in [3.8, 4) is 0 Å². The molecule has 0 bridgehead atoms. The second-order valence-corrected chi connectivity index (χ2v) is 6.69. The predicted molar refractivity (Wildman–Crippen MR) is 95.6 cm³/mol. The number of methoxy groups -OCH3 is 1. The SMILES string of the molecule is CCCCCCC1(C(=O)O)C=CC=C(CCCC)C1CCOC. The van der Waals surface area contributed by atoms with E-state index < -0.39 is 11.4 Å². The van der Waals surface area contributed by atoms with Crippen molar-refractivity contribution in [2.45, 2.75) is 71.6 Å². The molecule has 0 radical (unpaired) electrons. The highest BCUT2D eigenvalue weighted by atomic mass is 16.5. The molecule has 2 unspecified atom stereocenters. The molecule has 1 N–H and O–H groups in total. The van der Waals surface area contributed by atoms with E-state index in [0.717, 1.165) is 44.9 Å². The molecule has 0 aliphatic heterocycles. The van der Waals surface area contributed by atoms with E-state index in [2.05, 4.69) is 19.9 Å². The minimum atomic E-state index is -0.746. The normalized spacial score (nSPS) is 23.8. The fourth-order valence-electron chi connectivity index (χ4n) is 3.65. The first-order valence-corrected chi connectivity index (χ1v) is 9.23. The third kappa shape index (κ3) is 5.49. The van der Waals surface area contributed by atoms with Gasteiger partial charge >= 0.3 is 5.97 Å². The molecule has 0 saturated carbocycles. The molecular formula is C20H34O3. The van der Waals surface area contributed by atoms with E-state index in [1.807, 2.05) is 12.2 Å². The summed E-state index contributed by atoms with van der Waals surface area (Å²) in [6.07, 6.45) is 15.3. The smallest absolute Gasteiger partial charge is 0.314 e. The maximum absolute atomic E-state index is 12.2. The van der Waals surface area contributed by atoms with Crippen LogP contribution in [0.25, 0.3) is 0 Å². The molecule has 23 heavy (non-hydrogen) atoms. The van der Waals surface area contributed by atoms with E-state index >= 15 is 0 Å². The first-order valence-electron chi connectivity index (χ1n) is 9.23. The quantitative estimate of drug-likeness (QED) is 0.491. The second kappa shape index (κ2) is 10.6. The number of ether oxygens (including phenoxy) is 1. The Labute approximate surface area is 141 Å². The van der Waals surface area contributed by atoms with E-state index in [1.54, 1.807) is 7.11 Å². The van der Waals surface area contributed by atoms with Gasteiger partial charge in [0, 0.05) is 19.6 Å². The van der Waals surface area contributed by atoms with Crippen LogP contribution in [-0.4, -0.2) is 24.8 Å². The van der Waals surface area contributed by atoms with Crippen LogP contribution in [0, 0.1) is 11.3 Å². The lowest BCUT2D eigenvalue weighted by Crippen LogP contribution is -2.40. The van der Waals surface area contributed by atoms with Crippen molar-refractivity contribution in [2.75, 3.05) is 13.7 Å². The van der Waals surface area contributed by atoms with Gasteiger partial charge in [-0.2, -0.15) is 0 Å². The first kappa shape index (κ1) is 20.0. The van der Waals surface area contributed by atoms with Gasteiger partial charge in [-0.3, -0.25) is 4.79 Å². The molecule has 0 saturated heterocycles. The summed E-state index contributed by atoms with van der Waals surface area (Å²) in [6, 6.07) is 0. The molecule has 0 amide bonds. The van der Waals surface area contributed by atoms with Gasteiger partial charge in [0.15, 0.2) is 0 Å². The number of unbranched alkanes of at least 4 members (excludes halogenated alkanes) is 4. The van der Waals surface area contributed by atoms with E-state index in [4.69, 9.17) is 4.74 Å². The van der Waals surface area contributed by atoms with Crippen LogP contribution < -0.4 is 0 Å². The highest BCUT2D eigenvalue weighted by molar-refractivity contribution is 5.79. The fraction of sp³-hybridized carbons (Fsp3) is 0.750. The van der Waals surface area contributed by atoms with Crippen LogP contribution in [0.1, 0.15) is 71.6 Å². The van der Waals surface area contributed by atoms with Crippen molar-refractivity contribution >= 4 is 5.97 Å². The van der Waals surface area contributed by atoms with Crippen molar-refractivity contribution in [1.29, 1.82) is 0 Å². The average molecular weight is 322 g/mol. The number of carboxylic acid groups (broad SMARTS) is 1. The van der Waals surface area contributed by atoms with Gasteiger partial charge in [-0.05, 0) is 25.7 Å². The third-order valence-corrected chi connectivity index (χ3v) is 5.05. The van der Waals surface area contributed by atoms with Crippen LogP contribution in [0.3, 0.4) is 0 Å². The maximum atomic E-state index is 12.2. The topological polar surface area (TPSA) is 46.5 Å². The van der Waals surface area contributed by atoms with Gasteiger partial charge in [0.25, 0.3) is 0 Å². The standard InChI is InChI=1S/C20H34O3/c1-4-6-8-9-14-20(19(21)22)15-10-12-17(11-7-5-2)18(20)13-16-23-3/h10,12,15,18H,4-9,11,13-14,16H2,1-3H3,(H,21,22). The van der Waals surface area contributed by atoms with Crippen molar-refractivity contribution in [3.05, 3.63) is 23.8 Å². The van der Waals surface area contributed by atoms with Crippen LogP contribution in [0.2, 0.25) is 0 Å². The van der Waals surface area contributed by atoms with E-state index in [-0.39, 0.29) is 5.92 Å². The van der Waals surface area contributed by atoms with Gasteiger partial charge in [-0.1, -0.05) is 69.8 Å². The summed E-state index contributed by atoms with van der Waals surface area (Å²) in [7, 11) is 1.69. The molecule has 0 aromatic heterocycles. The van der Waals surface area contributed by atoms with Crippen LogP contribution in [-0.2, 0) is 9.53 Å². The molecule has 0 heterocycles. The molecule has 0 spiro atoms.